The van der Waals surface area contributed by atoms with Crippen molar-refractivity contribution in [3.05, 3.63) is 35.1 Å². The van der Waals surface area contributed by atoms with Crippen molar-refractivity contribution in [3.8, 4) is 0 Å². The molecule has 0 spiro atoms. The Kier molecular flexibility index (Phi) is 4.94. The summed E-state index contributed by atoms with van der Waals surface area (Å²) in [6.07, 6.45) is 0. The minimum Gasteiger partial charge on any atom is -0.349 e. The van der Waals surface area contributed by atoms with E-state index in [2.05, 4.69) is 5.32 Å². The molecule has 0 bridgehead atoms. The molecule has 1 rings (SSSR count). The number of benzene rings is 1. The Labute approximate surface area is 106 Å². The van der Waals surface area contributed by atoms with E-state index < -0.39 is 5.82 Å². The van der Waals surface area contributed by atoms with E-state index in [0.29, 0.717) is 11.4 Å². The van der Waals surface area contributed by atoms with E-state index >= 15 is 0 Å². The lowest BCUT2D eigenvalue weighted by Crippen LogP contribution is -2.38. The largest absolute Gasteiger partial charge is 0.349 e. The molecule has 2 nitrogen and oxygen atoms in total. The molecule has 0 saturated carbocycles. The summed E-state index contributed by atoms with van der Waals surface area (Å²) >= 11 is 5.72. The minimum absolute atomic E-state index is 0.0392. The maximum absolute atomic E-state index is 13.1. The van der Waals surface area contributed by atoms with E-state index in [-0.39, 0.29) is 17.9 Å². The van der Waals surface area contributed by atoms with Crippen LogP contribution in [0.25, 0.3) is 0 Å². The number of rotatable bonds is 4. The van der Waals surface area contributed by atoms with E-state index in [0.717, 1.165) is 5.56 Å². The fourth-order valence-corrected chi connectivity index (χ4v) is 1.67. The van der Waals surface area contributed by atoms with Gasteiger partial charge in [0.25, 0.3) is 5.91 Å². The van der Waals surface area contributed by atoms with Crippen LogP contribution >= 0.6 is 11.6 Å². The number of carbonyl (C=O) groups is 1. The van der Waals surface area contributed by atoms with Crippen LogP contribution in [-0.2, 0) is 0 Å². The summed E-state index contributed by atoms with van der Waals surface area (Å²) in [5, 5.41) is 2.82. The Morgan fingerprint density at radius 3 is 2.71 bits per heavy atom. The topological polar surface area (TPSA) is 29.1 Å². The highest BCUT2D eigenvalue weighted by molar-refractivity contribution is 6.18. The number of aryl methyl sites for hydroxylation is 1. The van der Waals surface area contributed by atoms with Crippen LogP contribution in [-0.4, -0.2) is 17.8 Å². The third-order valence-corrected chi connectivity index (χ3v) is 3.39. The molecule has 94 valence electrons. The molecule has 0 aliphatic rings. The summed E-state index contributed by atoms with van der Waals surface area (Å²) in [7, 11) is 0. The lowest BCUT2D eigenvalue weighted by Gasteiger charge is -2.19. The van der Waals surface area contributed by atoms with Crippen LogP contribution in [0.15, 0.2) is 18.2 Å². The van der Waals surface area contributed by atoms with Crippen molar-refractivity contribution in [3.63, 3.8) is 0 Å². The van der Waals surface area contributed by atoms with E-state index in [4.69, 9.17) is 11.6 Å². The van der Waals surface area contributed by atoms with Gasteiger partial charge in [0.2, 0.25) is 0 Å². The molecule has 17 heavy (non-hydrogen) atoms. The molecule has 1 aromatic carbocycles. The lowest BCUT2D eigenvalue weighted by molar-refractivity contribution is 0.0930. The van der Waals surface area contributed by atoms with Crippen LogP contribution in [0.4, 0.5) is 4.39 Å². The van der Waals surface area contributed by atoms with Crippen molar-refractivity contribution in [2.24, 2.45) is 5.92 Å². The zero-order valence-corrected chi connectivity index (χ0v) is 11.0. The highest BCUT2D eigenvalue weighted by Crippen LogP contribution is 2.12. The van der Waals surface area contributed by atoms with Crippen LogP contribution in [0.2, 0.25) is 0 Å². The van der Waals surface area contributed by atoms with Gasteiger partial charge in [0, 0.05) is 17.5 Å². The molecular formula is C13H17ClFNO. The molecule has 4 heteroatoms. The van der Waals surface area contributed by atoms with Crippen molar-refractivity contribution in [1.82, 2.24) is 5.32 Å². The van der Waals surface area contributed by atoms with Crippen molar-refractivity contribution < 1.29 is 9.18 Å². The predicted molar refractivity (Wildman–Crippen MR) is 67.9 cm³/mol. The highest BCUT2D eigenvalue weighted by Gasteiger charge is 2.16. The molecule has 0 saturated heterocycles. The number of amides is 1. The second-order valence-corrected chi connectivity index (χ2v) is 4.66. The maximum atomic E-state index is 13.1. The van der Waals surface area contributed by atoms with Gasteiger partial charge in [-0.05, 0) is 37.5 Å². The lowest BCUT2D eigenvalue weighted by atomic mass is 10.0. The fourth-order valence-electron chi connectivity index (χ4n) is 1.40. The quantitative estimate of drug-likeness (QED) is 0.825. The average Bonchev–Trinajstić information content (AvgIpc) is 2.30. The summed E-state index contributed by atoms with van der Waals surface area (Å²) in [6, 6.07) is 4.15. The summed E-state index contributed by atoms with van der Waals surface area (Å²) in [5.74, 6) is -0.0106. The molecule has 0 fully saturated rings. The molecule has 0 radical (unpaired) electrons. The van der Waals surface area contributed by atoms with Gasteiger partial charge in [-0.25, -0.2) is 4.39 Å². The summed E-state index contributed by atoms with van der Waals surface area (Å²) in [6.45, 7) is 5.62. The second kappa shape index (κ2) is 6.01. The van der Waals surface area contributed by atoms with Crippen LogP contribution < -0.4 is 5.32 Å². The van der Waals surface area contributed by atoms with Crippen LogP contribution in [0.3, 0.4) is 0 Å². The predicted octanol–water partition coefficient (Wildman–Crippen LogP) is 3.13. The third-order valence-electron chi connectivity index (χ3n) is 2.90. The summed E-state index contributed by atoms with van der Waals surface area (Å²) in [4.78, 5) is 11.9. The third kappa shape index (κ3) is 3.70. The average molecular weight is 258 g/mol. The Hall–Kier alpha value is -1.09. The van der Waals surface area contributed by atoms with Crippen LogP contribution in [0, 0.1) is 18.7 Å². The molecule has 2 atom stereocenters. The monoisotopic (exact) mass is 257 g/mol. The Morgan fingerprint density at radius 1 is 1.47 bits per heavy atom. The van der Waals surface area contributed by atoms with Gasteiger partial charge < -0.3 is 5.32 Å². The van der Waals surface area contributed by atoms with Gasteiger partial charge in [-0.15, -0.1) is 11.6 Å². The number of hydrogen-bond donors (Lipinski definition) is 1. The number of halogens is 2. The number of carbonyl (C=O) groups excluding carboxylic acids is 1. The van der Waals surface area contributed by atoms with E-state index in [1.54, 1.807) is 13.0 Å². The van der Waals surface area contributed by atoms with Crippen LogP contribution in [0.5, 0.6) is 0 Å². The zero-order chi connectivity index (χ0) is 13.0. The standard InChI is InChI=1S/C13H17ClFNO/c1-8-4-5-11(15)6-12(8)13(17)16-10(3)9(2)7-14/h4-6,9-10H,7H2,1-3H3,(H,16,17). The Balaban J connectivity index is 2.79. The molecule has 2 unspecified atom stereocenters. The van der Waals surface area contributed by atoms with Gasteiger partial charge in [-0.2, -0.15) is 0 Å². The highest BCUT2D eigenvalue weighted by atomic mass is 35.5. The molecule has 1 aromatic rings. The van der Waals surface area contributed by atoms with E-state index in [1.165, 1.54) is 12.1 Å². The molecule has 0 heterocycles. The first-order valence-electron chi connectivity index (χ1n) is 5.58. The number of alkyl halides is 1. The smallest absolute Gasteiger partial charge is 0.251 e. The van der Waals surface area contributed by atoms with Crippen molar-refractivity contribution in [2.45, 2.75) is 26.8 Å². The zero-order valence-electron chi connectivity index (χ0n) is 10.3. The Morgan fingerprint density at radius 2 is 2.12 bits per heavy atom. The van der Waals surface area contributed by atoms with E-state index in [9.17, 15) is 9.18 Å². The van der Waals surface area contributed by atoms with Gasteiger partial charge in [0.05, 0.1) is 0 Å². The first-order valence-corrected chi connectivity index (χ1v) is 6.12. The minimum atomic E-state index is -0.404. The van der Waals surface area contributed by atoms with Crippen molar-refractivity contribution >= 4 is 17.5 Å². The van der Waals surface area contributed by atoms with Gasteiger partial charge in [-0.1, -0.05) is 13.0 Å². The van der Waals surface area contributed by atoms with E-state index in [1.807, 2.05) is 13.8 Å². The summed E-state index contributed by atoms with van der Waals surface area (Å²) in [5.41, 5.74) is 1.13. The SMILES string of the molecule is Cc1ccc(F)cc1C(=O)NC(C)C(C)CCl. The molecule has 1 N–H and O–H groups in total. The maximum Gasteiger partial charge on any atom is 0.251 e. The van der Waals surface area contributed by atoms with Crippen LogP contribution in [0.1, 0.15) is 29.8 Å². The molecule has 0 aromatic heterocycles. The summed E-state index contributed by atoms with van der Waals surface area (Å²) < 4.78 is 13.1. The van der Waals surface area contributed by atoms with Gasteiger partial charge in [-0.3, -0.25) is 4.79 Å². The second-order valence-electron chi connectivity index (χ2n) is 4.35. The first-order chi connectivity index (χ1) is 7.95. The molecular weight excluding hydrogens is 241 g/mol. The van der Waals surface area contributed by atoms with Crippen molar-refractivity contribution in [2.75, 3.05) is 5.88 Å². The van der Waals surface area contributed by atoms with Crippen molar-refractivity contribution in [1.29, 1.82) is 0 Å². The van der Waals surface area contributed by atoms with Gasteiger partial charge >= 0.3 is 0 Å². The Bertz CT molecular complexity index is 408. The first kappa shape index (κ1) is 14.0. The van der Waals surface area contributed by atoms with Gasteiger partial charge in [0.1, 0.15) is 5.82 Å². The molecule has 1 amide bonds. The molecule has 0 aliphatic carbocycles. The molecule has 0 aliphatic heterocycles. The normalized spacial score (nSPS) is 14.2. The van der Waals surface area contributed by atoms with Gasteiger partial charge in [0.15, 0.2) is 0 Å². The number of nitrogens with one attached hydrogen (secondary N) is 1. The number of hydrogen-bond acceptors (Lipinski definition) is 1. The fraction of sp³-hybridized carbons (Fsp3) is 0.462.